The number of nitrogens with zero attached hydrogens (tertiary/aromatic N) is 2. The van der Waals surface area contributed by atoms with Crippen LogP contribution in [0.4, 0.5) is 11.4 Å². The van der Waals surface area contributed by atoms with Crippen molar-refractivity contribution in [2.75, 3.05) is 13.5 Å². The van der Waals surface area contributed by atoms with Gasteiger partial charge in [0.1, 0.15) is 11.5 Å². The van der Waals surface area contributed by atoms with Gasteiger partial charge in [0.2, 0.25) is 11.4 Å². The number of hydrogen-bond donors (Lipinski definition) is 0. The van der Waals surface area contributed by atoms with Gasteiger partial charge in [-0.3, -0.25) is 0 Å². The van der Waals surface area contributed by atoms with Crippen LogP contribution in [0.5, 0.6) is 11.5 Å². The van der Waals surface area contributed by atoms with Gasteiger partial charge in [-0.05, 0) is 58.1 Å². The highest BCUT2D eigenvalue weighted by Crippen LogP contribution is 2.45. The molecule has 2 aliphatic rings. The standard InChI is InChI=1S/C32H32NO.C24H32NO/c1-31(2,25-14-8-5-9-15-25)27-20-24-22-33(28-18-12-7-13-19-28)23-34-30(24)29(21-27)32(3,4)26-16-10-6-11-17-26;1-7-23(3,4)19-14-18-16-25(20-12-10-9-11-13-20)17-26-22(18)21(15-19)24(5,6)8-2/h5-22H,23H2,1-4H3;9-16H,7-8,17H2,1-6H3/q2*+1. The summed E-state index contributed by atoms with van der Waals surface area (Å²) < 4.78 is 17.2. The Balaban J connectivity index is 0.000000189. The second-order valence-corrected chi connectivity index (χ2v) is 18.8. The van der Waals surface area contributed by atoms with Crippen LogP contribution in [0.1, 0.15) is 127 Å². The van der Waals surface area contributed by atoms with Crippen LogP contribution in [-0.2, 0) is 21.7 Å². The molecule has 0 aliphatic carbocycles. The third kappa shape index (κ3) is 8.61. The van der Waals surface area contributed by atoms with Gasteiger partial charge in [-0.1, -0.05) is 178 Å². The topological polar surface area (TPSA) is 24.5 Å². The van der Waals surface area contributed by atoms with E-state index in [1.165, 1.54) is 38.9 Å². The molecule has 308 valence electrons. The van der Waals surface area contributed by atoms with Crippen molar-refractivity contribution in [2.24, 2.45) is 0 Å². The molecule has 4 nitrogen and oxygen atoms in total. The van der Waals surface area contributed by atoms with Crippen molar-refractivity contribution in [2.45, 2.75) is 104 Å². The van der Waals surface area contributed by atoms with Gasteiger partial charge < -0.3 is 9.47 Å². The second-order valence-electron chi connectivity index (χ2n) is 18.8. The number of fused-ring (bicyclic) bond motifs is 2. The van der Waals surface area contributed by atoms with E-state index in [-0.39, 0.29) is 21.7 Å². The van der Waals surface area contributed by atoms with Gasteiger partial charge >= 0.3 is 0 Å². The Morgan fingerprint density at radius 2 is 0.800 bits per heavy atom. The fourth-order valence-electron chi connectivity index (χ4n) is 8.18. The molecule has 0 saturated heterocycles. The van der Waals surface area contributed by atoms with Crippen LogP contribution < -0.4 is 9.47 Å². The normalized spacial score (nSPS) is 14.0. The Morgan fingerprint density at radius 1 is 0.417 bits per heavy atom. The lowest BCUT2D eigenvalue weighted by atomic mass is 9.72. The molecule has 2 heterocycles. The molecule has 0 N–H and O–H groups in total. The van der Waals surface area contributed by atoms with Crippen molar-refractivity contribution >= 4 is 23.8 Å². The van der Waals surface area contributed by atoms with Gasteiger partial charge in [0.25, 0.3) is 13.5 Å². The van der Waals surface area contributed by atoms with E-state index in [2.05, 4.69) is 224 Å². The van der Waals surface area contributed by atoms with Gasteiger partial charge in [-0.25, -0.2) is 0 Å². The summed E-state index contributed by atoms with van der Waals surface area (Å²) in [7, 11) is 0. The number of para-hydroxylation sites is 2. The van der Waals surface area contributed by atoms with E-state index in [1.807, 2.05) is 12.1 Å². The maximum Gasteiger partial charge on any atom is 0.292 e. The number of hydrogen-bond acceptors (Lipinski definition) is 2. The predicted octanol–water partition coefficient (Wildman–Crippen LogP) is 13.6. The molecule has 0 aromatic heterocycles. The van der Waals surface area contributed by atoms with E-state index in [4.69, 9.17) is 9.47 Å². The first-order chi connectivity index (χ1) is 28.7. The average molecular weight is 797 g/mol. The summed E-state index contributed by atoms with van der Waals surface area (Å²) in [6.07, 6.45) is 6.68. The Bertz CT molecular complexity index is 2480. The molecule has 60 heavy (non-hydrogen) atoms. The minimum atomic E-state index is -0.211. The number of benzene rings is 6. The Morgan fingerprint density at radius 3 is 1.25 bits per heavy atom. The Labute approximate surface area is 359 Å². The molecule has 4 heteroatoms. The van der Waals surface area contributed by atoms with E-state index in [9.17, 15) is 0 Å². The highest BCUT2D eigenvalue weighted by Gasteiger charge is 2.35. The second kappa shape index (κ2) is 17.1. The lowest BCUT2D eigenvalue weighted by molar-refractivity contribution is -0.476. The zero-order valence-electron chi connectivity index (χ0n) is 37.6. The van der Waals surface area contributed by atoms with Crippen molar-refractivity contribution in [1.29, 1.82) is 0 Å². The molecule has 0 atom stereocenters. The van der Waals surface area contributed by atoms with Gasteiger partial charge in [-0.15, -0.1) is 0 Å². The summed E-state index contributed by atoms with van der Waals surface area (Å²) in [5.41, 5.74) is 12.3. The van der Waals surface area contributed by atoms with Crippen LogP contribution in [-0.4, -0.2) is 35.0 Å². The third-order valence-electron chi connectivity index (χ3n) is 13.4. The largest absolute Gasteiger partial charge is 0.435 e. The van der Waals surface area contributed by atoms with Crippen LogP contribution in [0.3, 0.4) is 0 Å². The molecular weight excluding hydrogens is 733 g/mol. The molecule has 0 unspecified atom stereocenters. The first-order valence-electron chi connectivity index (χ1n) is 21.7. The molecule has 6 aromatic carbocycles. The molecule has 0 bridgehead atoms. The van der Waals surface area contributed by atoms with Crippen LogP contribution in [0, 0.1) is 0 Å². The SMILES string of the molecule is CC(C)(c1ccccc1)c1cc2c(c(C(C)(C)c3ccccc3)c1)OC[N+](c1ccccc1)=C2.CCC(C)(C)c1cc2c(c(C(C)(C)CC)c1)OC[N+](c1ccccc1)=C2. The Kier molecular flexibility index (Phi) is 12.1. The molecule has 0 fully saturated rings. The van der Waals surface area contributed by atoms with E-state index in [0.29, 0.717) is 13.5 Å². The van der Waals surface area contributed by atoms with Crippen molar-refractivity contribution in [3.05, 3.63) is 190 Å². The van der Waals surface area contributed by atoms with Crippen LogP contribution in [0.2, 0.25) is 0 Å². The highest BCUT2D eigenvalue weighted by molar-refractivity contribution is 5.84. The Hall–Kier alpha value is -5.74. The van der Waals surface area contributed by atoms with Crippen LogP contribution in [0.25, 0.3) is 0 Å². The fourth-order valence-corrected chi connectivity index (χ4v) is 8.18. The third-order valence-corrected chi connectivity index (χ3v) is 13.4. The van der Waals surface area contributed by atoms with E-state index in [0.717, 1.165) is 41.3 Å². The number of ether oxygens (including phenoxy) is 2. The first kappa shape index (κ1) is 42.4. The number of rotatable bonds is 10. The van der Waals surface area contributed by atoms with Gasteiger partial charge in [0.05, 0.1) is 11.1 Å². The van der Waals surface area contributed by atoms with E-state index < -0.39 is 0 Å². The summed E-state index contributed by atoms with van der Waals surface area (Å²) in [6.45, 7) is 24.1. The van der Waals surface area contributed by atoms with Crippen molar-refractivity contribution in [1.82, 2.24) is 0 Å². The highest BCUT2D eigenvalue weighted by atomic mass is 16.5. The summed E-state index contributed by atoms with van der Waals surface area (Å²) in [6, 6.07) is 51.7. The maximum atomic E-state index is 6.50. The molecule has 2 aliphatic heterocycles. The minimum Gasteiger partial charge on any atom is -0.435 e. The molecule has 0 spiro atoms. The monoisotopic (exact) mass is 796 g/mol. The lowest BCUT2D eigenvalue weighted by Crippen LogP contribution is -2.28. The van der Waals surface area contributed by atoms with Crippen molar-refractivity contribution < 1.29 is 18.6 Å². The molecule has 0 radical (unpaired) electrons. The molecule has 0 amide bonds. The average Bonchev–Trinajstić information content (AvgIpc) is 3.29. The van der Waals surface area contributed by atoms with Crippen LogP contribution in [0.15, 0.2) is 146 Å². The van der Waals surface area contributed by atoms with E-state index >= 15 is 0 Å². The maximum absolute atomic E-state index is 6.50. The van der Waals surface area contributed by atoms with Crippen molar-refractivity contribution in [3.63, 3.8) is 0 Å². The van der Waals surface area contributed by atoms with Crippen molar-refractivity contribution in [3.8, 4) is 11.5 Å². The predicted molar refractivity (Wildman–Crippen MR) is 251 cm³/mol. The summed E-state index contributed by atoms with van der Waals surface area (Å²) in [5, 5.41) is 0. The minimum absolute atomic E-state index is 0.0900. The molecule has 0 saturated carbocycles. The summed E-state index contributed by atoms with van der Waals surface area (Å²) in [4.78, 5) is 0. The molecule has 8 rings (SSSR count). The molecular formula is C56H64N2O2+2. The molecule has 6 aromatic rings. The zero-order valence-corrected chi connectivity index (χ0v) is 37.6. The fraction of sp³-hybridized carbons (Fsp3) is 0.321. The van der Waals surface area contributed by atoms with Crippen LogP contribution >= 0.6 is 0 Å². The van der Waals surface area contributed by atoms with E-state index in [1.54, 1.807) is 0 Å². The summed E-state index contributed by atoms with van der Waals surface area (Å²) >= 11 is 0. The van der Waals surface area contributed by atoms with Gasteiger partial charge in [0.15, 0.2) is 12.4 Å². The van der Waals surface area contributed by atoms with Gasteiger partial charge in [-0.2, -0.15) is 9.15 Å². The van der Waals surface area contributed by atoms with Gasteiger partial charge in [0, 0.05) is 46.2 Å². The zero-order chi connectivity index (χ0) is 42.7. The quantitative estimate of drug-likeness (QED) is 0.129. The summed E-state index contributed by atoms with van der Waals surface area (Å²) in [5.74, 6) is 2.04. The lowest BCUT2D eigenvalue weighted by Gasteiger charge is -2.33. The first-order valence-corrected chi connectivity index (χ1v) is 21.7. The smallest absolute Gasteiger partial charge is 0.292 e.